The van der Waals surface area contributed by atoms with Crippen molar-refractivity contribution < 1.29 is 10.2 Å². The number of aliphatic hydroxyl groups is 1. The number of thioether (sulfide) groups is 1. The van der Waals surface area contributed by atoms with Crippen molar-refractivity contribution in [2.45, 2.75) is 31.1 Å². The molecule has 1 atom stereocenters. The lowest BCUT2D eigenvalue weighted by molar-refractivity contribution is 0.280. The highest BCUT2D eigenvalue weighted by molar-refractivity contribution is 7.99. The van der Waals surface area contributed by atoms with Crippen LogP contribution in [0.2, 0.25) is 0 Å². The molecule has 0 saturated carbocycles. The zero-order valence-corrected chi connectivity index (χ0v) is 19.2. The first kappa shape index (κ1) is 22.9. The fourth-order valence-electron chi connectivity index (χ4n) is 3.81. The fourth-order valence-corrected chi connectivity index (χ4v) is 4.62. The fraction of sp³-hybridized carbons (Fsp3) is 0.269. The van der Waals surface area contributed by atoms with E-state index < -0.39 is 0 Å². The molecule has 0 aliphatic heterocycles. The maximum atomic E-state index is 10.9. The van der Waals surface area contributed by atoms with Gasteiger partial charge < -0.3 is 10.2 Å². The second-order valence-electron chi connectivity index (χ2n) is 7.66. The largest absolute Gasteiger partial charge is 0.508 e. The Morgan fingerprint density at radius 1 is 1.19 bits per heavy atom. The molecule has 0 amide bonds. The predicted octanol–water partition coefficient (Wildman–Crippen LogP) is 5.84. The molecule has 0 radical (unpaired) electrons. The third-order valence-electron chi connectivity index (χ3n) is 5.30. The number of aliphatic hydroxyl groups excluding tert-OH is 1. The standard InChI is InChI=1S/C26H30N2O2S/c1-5-6-19(3)17-31-20-8-10-23(26(30)16-20)22(12-14-29)21-9-7-18(2)15-24(21)25-11-13-27-28(25)4/h5-11,13,15-16,22,29-30H,3,12,14,17H2,1-2,4H3/b6-5-. The minimum absolute atomic E-state index is 0.0302. The number of phenolic OH excluding ortho intramolecular Hbond substituents is 1. The van der Waals surface area contributed by atoms with Crippen LogP contribution in [0.15, 0.2) is 77.9 Å². The van der Waals surface area contributed by atoms with Crippen LogP contribution in [0.25, 0.3) is 11.3 Å². The Hall–Kier alpha value is -2.76. The zero-order chi connectivity index (χ0) is 22.4. The summed E-state index contributed by atoms with van der Waals surface area (Å²) in [5.74, 6) is 0.885. The molecule has 3 rings (SSSR count). The first-order valence-electron chi connectivity index (χ1n) is 10.4. The number of rotatable bonds is 9. The number of phenols is 1. The van der Waals surface area contributed by atoms with Crippen molar-refractivity contribution in [1.82, 2.24) is 9.78 Å². The van der Waals surface area contributed by atoms with Crippen molar-refractivity contribution in [3.05, 3.63) is 89.7 Å². The minimum atomic E-state index is -0.132. The van der Waals surface area contributed by atoms with E-state index in [9.17, 15) is 10.2 Å². The smallest absolute Gasteiger partial charge is 0.120 e. The first-order chi connectivity index (χ1) is 14.9. The molecule has 162 valence electrons. The molecular weight excluding hydrogens is 404 g/mol. The van der Waals surface area contributed by atoms with Gasteiger partial charge in [-0.05, 0) is 55.7 Å². The molecule has 4 nitrogen and oxygen atoms in total. The summed E-state index contributed by atoms with van der Waals surface area (Å²) < 4.78 is 1.85. The monoisotopic (exact) mass is 434 g/mol. The molecule has 0 aliphatic carbocycles. The summed E-state index contributed by atoms with van der Waals surface area (Å²) >= 11 is 1.65. The second kappa shape index (κ2) is 10.5. The van der Waals surface area contributed by atoms with E-state index in [1.165, 1.54) is 0 Å². The van der Waals surface area contributed by atoms with Gasteiger partial charge in [-0.15, -0.1) is 11.8 Å². The Morgan fingerprint density at radius 2 is 1.97 bits per heavy atom. The molecular formula is C26H30N2O2S. The lowest BCUT2D eigenvalue weighted by Gasteiger charge is -2.22. The average Bonchev–Trinajstić information content (AvgIpc) is 3.17. The molecule has 1 heterocycles. The quantitative estimate of drug-likeness (QED) is 0.328. The van der Waals surface area contributed by atoms with Crippen molar-refractivity contribution in [3.8, 4) is 17.0 Å². The van der Waals surface area contributed by atoms with E-state index in [4.69, 9.17) is 0 Å². The van der Waals surface area contributed by atoms with Gasteiger partial charge in [0.15, 0.2) is 0 Å². The number of allylic oxidation sites excluding steroid dienone is 2. The van der Waals surface area contributed by atoms with Crippen LogP contribution >= 0.6 is 11.8 Å². The maximum Gasteiger partial charge on any atom is 0.120 e. The average molecular weight is 435 g/mol. The Bertz CT molecular complexity index is 1080. The van der Waals surface area contributed by atoms with Crippen molar-refractivity contribution in [1.29, 1.82) is 0 Å². The van der Waals surface area contributed by atoms with E-state index in [2.05, 4.69) is 36.8 Å². The van der Waals surface area contributed by atoms with Crippen molar-refractivity contribution in [2.75, 3.05) is 12.4 Å². The highest BCUT2D eigenvalue weighted by Crippen LogP contribution is 2.40. The number of aromatic nitrogens is 2. The van der Waals surface area contributed by atoms with Gasteiger partial charge in [0.05, 0.1) is 5.69 Å². The summed E-state index contributed by atoms with van der Waals surface area (Å²) in [6, 6.07) is 14.1. The molecule has 0 aliphatic rings. The zero-order valence-electron chi connectivity index (χ0n) is 18.4. The van der Waals surface area contributed by atoms with Crippen LogP contribution in [0.1, 0.15) is 36.0 Å². The van der Waals surface area contributed by atoms with Gasteiger partial charge in [0.1, 0.15) is 5.75 Å². The Labute approximate surface area is 188 Å². The van der Waals surface area contributed by atoms with Gasteiger partial charge in [0.25, 0.3) is 0 Å². The van der Waals surface area contributed by atoms with Gasteiger partial charge in [-0.3, -0.25) is 4.68 Å². The number of hydrogen-bond donors (Lipinski definition) is 2. The van der Waals surface area contributed by atoms with Crippen LogP contribution in [-0.4, -0.2) is 32.4 Å². The molecule has 0 bridgehead atoms. The highest BCUT2D eigenvalue weighted by atomic mass is 32.2. The van der Waals surface area contributed by atoms with Crippen LogP contribution in [0.4, 0.5) is 0 Å². The van der Waals surface area contributed by atoms with Gasteiger partial charge in [-0.25, -0.2) is 0 Å². The van der Waals surface area contributed by atoms with E-state index in [0.29, 0.717) is 6.42 Å². The molecule has 0 spiro atoms. The Morgan fingerprint density at radius 3 is 2.61 bits per heavy atom. The Balaban J connectivity index is 1.98. The van der Waals surface area contributed by atoms with E-state index in [1.54, 1.807) is 18.0 Å². The lowest BCUT2D eigenvalue weighted by atomic mass is 9.84. The maximum absolute atomic E-state index is 10.9. The number of nitrogens with zero attached hydrogens (tertiary/aromatic N) is 2. The van der Waals surface area contributed by atoms with Crippen molar-refractivity contribution in [2.24, 2.45) is 7.05 Å². The predicted molar refractivity (Wildman–Crippen MR) is 130 cm³/mol. The second-order valence-corrected chi connectivity index (χ2v) is 8.71. The van der Waals surface area contributed by atoms with Crippen LogP contribution in [0.5, 0.6) is 5.75 Å². The van der Waals surface area contributed by atoms with E-state index in [-0.39, 0.29) is 18.3 Å². The lowest BCUT2D eigenvalue weighted by Crippen LogP contribution is -2.07. The molecule has 0 fully saturated rings. The summed E-state index contributed by atoms with van der Waals surface area (Å²) in [7, 11) is 1.92. The molecule has 1 aromatic heterocycles. The molecule has 2 N–H and O–H groups in total. The molecule has 31 heavy (non-hydrogen) atoms. The molecule has 5 heteroatoms. The Kier molecular flexibility index (Phi) is 7.77. The molecule has 2 aromatic carbocycles. The highest BCUT2D eigenvalue weighted by Gasteiger charge is 2.22. The number of aromatic hydroxyl groups is 1. The van der Waals surface area contributed by atoms with E-state index in [1.807, 2.05) is 55.1 Å². The van der Waals surface area contributed by atoms with Crippen LogP contribution < -0.4 is 0 Å². The van der Waals surface area contributed by atoms with Gasteiger partial charge in [-0.2, -0.15) is 5.10 Å². The van der Waals surface area contributed by atoms with E-state index in [0.717, 1.165) is 44.2 Å². The number of hydrogen-bond acceptors (Lipinski definition) is 4. The third-order valence-corrected chi connectivity index (χ3v) is 6.41. The van der Waals surface area contributed by atoms with Gasteiger partial charge >= 0.3 is 0 Å². The van der Waals surface area contributed by atoms with Crippen LogP contribution in [0, 0.1) is 6.92 Å². The summed E-state index contributed by atoms with van der Waals surface area (Å²) in [6.45, 7) is 8.11. The summed E-state index contributed by atoms with van der Waals surface area (Å²) in [6.07, 6.45) is 6.28. The summed E-state index contributed by atoms with van der Waals surface area (Å²) in [4.78, 5) is 0.991. The van der Waals surface area contributed by atoms with Crippen LogP contribution in [-0.2, 0) is 7.05 Å². The topological polar surface area (TPSA) is 58.3 Å². The van der Waals surface area contributed by atoms with Crippen molar-refractivity contribution in [3.63, 3.8) is 0 Å². The number of benzene rings is 2. The molecule has 0 saturated heterocycles. The minimum Gasteiger partial charge on any atom is -0.508 e. The summed E-state index contributed by atoms with van der Waals surface area (Å²) in [5, 5.41) is 25.0. The SMILES string of the molecule is C=C(/C=C\C)CSc1ccc(C(CCO)c2ccc(C)cc2-c2ccnn2C)c(O)c1. The van der Waals surface area contributed by atoms with Crippen molar-refractivity contribution >= 4 is 11.8 Å². The normalized spacial score (nSPS) is 12.4. The van der Waals surface area contributed by atoms with Gasteiger partial charge in [0, 0.05) is 47.5 Å². The van der Waals surface area contributed by atoms with E-state index >= 15 is 0 Å². The summed E-state index contributed by atoms with van der Waals surface area (Å²) in [5.41, 5.74) is 6.16. The third kappa shape index (κ3) is 5.49. The molecule has 1 unspecified atom stereocenters. The van der Waals surface area contributed by atoms with Gasteiger partial charge in [0.2, 0.25) is 0 Å². The van der Waals surface area contributed by atoms with Gasteiger partial charge in [-0.1, -0.05) is 42.5 Å². The molecule has 3 aromatic rings. The first-order valence-corrected chi connectivity index (χ1v) is 11.4. The van der Waals surface area contributed by atoms with Crippen LogP contribution in [0.3, 0.4) is 0 Å². The number of aryl methyl sites for hydroxylation is 2.